The first-order valence-electron chi connectivity index (χ1n) is 10.4. The topological polar surface area (TPSA) is 78.3 Å². The molecule has 0 aliphatic rings. The number of rotatable bonds is 9. The molecule has 0 fully saturated rings. The first-order valence-corrected chi connectivity index (χ1v) is 10.4. The summed E-state index contributed by atoms with van der Waals surface area (Å²) in [6.07, 6.45) is 4.33. The predicted octanol–water partition coefficient (Wildman–Crippen LogP) is 4.70. The van der Waals surface area contributed by atoms with E-state index in [0.29, 0.717) is 29.7 Å². The van der Waals surface area contributed by atoms with E-state index < -0.39 is 0 Å². The van der Waals surface area contributed by atoms with Crippen LogP contribution in [0.25, 0.3) is 0 Å². The quantitative estimate of drug-likeness (QED) is 0.418. The minimum absolute atomic E-state index is 0.114. The zero-order valence-corrected chi connectivity index (χ0v) is 17.8. The van der Waals surface area contributed by atoms with Gasteiger partial charge in [-0.3, -0.25) is 4.79 Å². The van der Waals surface area contributed by atoms with Gasteiger partial charge in [0.2, 0.25) is 5.88 Å². The molecule has 1 N–H and O–H groups in total. The van der Waals surface area contributed by atoms with Crippen LogP contribution in [-0.2, 0) is 17.8 Å². The van der Waals surface area contributed by atoms with E-state index in [9.17, 15) is 4.79 Å². The molecule has 0 radical (unpaired) electrons. The molecule has 4 rings (SSSR count). The van der Waals surface area contributed by atoms with Crippen molar-refractivity contribution >= 4 is 11.7 Å². The molecule has 7 nitrogen and oxygen atoms in total. The maximum absolute atomic E-state index is 12.4. The Bertz CT molecular complexity index is 1140. The molecule has 7 heteroatoms. The molecule has 0 aliphatic heterocycles. The van der Waals surface area contributed by atoms with Crippen molar-refractivity contribution in [1.82, 2.24) is 14.8 Å². The van der Waals surface area contributed by atoms with Crippen LogP contribution in [0.2, 0.25) is 0 Å². The van der Waals surface area contributed by atoms with Gasteiger partial charge in [0.05, 0.1) is 12.7 Å². The number of hydrogen-bond donors (Lipinski definition) is 1. The molecule has 0 saturated heterocycles. The smallest absolute Gasteiger partial charge is 0.263 e. The van der Waals surface area contributed by atoms with E-state index in [2.05, 4.69) is 46.6 Å². The summed E-state index contributed by atoms with van der Waals surface area (Å²) >= 11 is 0. The summed E-state index contributed by atoms with van der Waals surface area (Å²) in [6.45, 7) is 2.59. The minimum Gasteiger partial charge on any atom is -0.484 e. The summed E-state index contributed by atoms with van der Waals surface area (Å²) in [5.74, 6) is 2.08. The van der Waals surface area contributed by atoms with Crippen molar-refractivity contribution < 1.29 is 14.3 Å². The summed E-state index contributed by atoms with van der Waals surface area (Å²) in [6, 6.07) is 22.6. The van der Waals surface area contributed by atoms with Gasteiger partial charge in [-0.05, 0) is 47.9 Å². The Hall–Kier alpha value is -4.13. The number of pyridine rings is 1. The normalized spacial score (nSPS) is 10.5. The van der Waals surface area contributed by atoms with E-state index in [0.717, 1.165) is 12.0 Å². The van der Waals surface area contributed by atoms with Crippen molar-refractivity contribution in [2.24, 2.45) is 0 Å². The van der Waals surface area contributed by atoms with E-state index in [-0.39, 0.29) is 12.5 Å². The molecule has 162 valence electrons. The third kappa shape index (κ3) is 5.72. The van der Waals surface area contributed by atoms with Gasteiger partial charge in [0.25, 0.3) is 5.91 Å². The van der Waals surface area contributed by atoms with Gasteiger partial charge in [0.15, 0.2) is 6.61 Å². The van der Waals surface area contributed by atoms with Crippen molar-refractivity contribution in [3.05, 3.63) is 96.3 Å². The molecule has 2 aromatic carbocycles. The van der Waals surface area contributed by atoms with Crippen LogP contribution < -0.4 is 14.8 Å². The Balaban J connectivity index is 1.28. The summed E-state index contributed by atoms with van der Waals surface area (Å²) < 4.78 is 13.0. The van der Waals surface area contributed by atoms with Gasteiger partial charge in [-0.15, -0.1) is 0 Å². The van der Waals surface area contributed by atoms with Crippen LogP contribution in [0, 0.1) is 0 Å². The Morgan fingerprint density at radius 2 is 1.66 bits per heavy atom. The summed E-state index contributed by atoms with van der Waals surface area (Å²) in [7, 11) is 0. The molecule has 0 bridgehead atoms. The number of nitrogens with one attached hydrogen (secondary N) is 1. The number of carbonyl (C=O) groups excluding carboxylic acids is 1. The highest BCUT2D eigenvalue weighted by atomic mass is 16.5. The lowest BCUT2D eigenvalue weighted by Crippen LogP contribution is -2.22. The lowest BCUT2D eigenvalue weighted by atomic mass is 10.1. The number of benzene rings is 2. The number of hydrogen-bond acceptors (Lipinski definition) is 5. The van der Waals surface area contributed by atoms with Crippen molar-refractivity contribution in [2.45, 2.75) is 19.9 Å². The van der Waals surface area contributed by atoms with Crippen LogP contribution in [0.5, 0.6) is 17.4 Å². The van der Waals surface area contributed by atoms with Crippen LogP contribution in [0.3, 0.4) is 0 Å². The minimum atomic E-state index is -0.262. The highest BCUT2D eigenvalue weighted by molar-refractivity contribution is 5.91. The maximum Gasteiger partial charge on any atom is 0.263 e. The van der Waals surface area contributed by atoms with Gasteiger partial charge >= 0.3 is 0 Å². The highest BCUT2D eigenvalue weighted by Gasteiger charge is 2.09. The Morgan fingerprint density at radius 1 is 0.906 bits per heavy atom. The first-order chi connectivity index (χ1) is 15.7. The number of aryl methyl sites for hydroxylation is 1. The fraction of sp³-hybridized carbons (Fsp3) is 0.160. The Labute approximate surface area is 186 Å². The van der Waals surface area contributed by atoms with E-state index >= 15 is 0 Å². The summed E-state index contributed by atoms with van der Waals surface area (Å²) in [4.78, 5) is 16.5. The molecule has 2 heterocycles. The molecule has 0 spiro atoms. The number of aromatic nitrogens is 3. The summed E-state index contributed by atoms with van der Waals surface area (Å²) in [5, 5.41) is 7.16. The standard InChI is InChI=1S/C25H24N4O3/c1-2-19-6-8-20(9-7-19)17-29-23(14-16-27-29)28-24(30)18-31-21-10-12-22(13-11-21)32-25-5-3-4-15-26-25/h3-16H,2,17-18H2,1H3,(H,28,30). The number of carbonyl (C=O) groups is 1. The van der Waals surface area contributed by atoms with Crippen LogP contribution >= 0.6 is 0 Å². The molecule has 4 aromatic rings. The highest BCUT2D eigenvalue weighted by Crippen LogP contribution is 2.22. The average molecular weight is 428 g/mol. The third-order valence-electron chi connectivity index (χ3n) is 4.80. The monoisotopic (exact) mass is 428 g/mol. The Kier molecular flexibility index (Phi) is 6.77. The second kappa shape index (κ2) is 10.3. The number of nitrogens with zero attached hydrogens (tertiary/aromatic N) is 3. The Morgan fingerprint density at radius 3 is 2.38 bits per heavy atom. The van der Waals surface area contributed by atoms with Gasteiger partial charge in [-0.2, -0.15) is 5.10 Å². The predicted molar refractivity (Wildman–Crippen MR) is 122 cm³/mol. The van der Waals surface area contributed by atoms with Crippen molar-refractivity contribution in [3.8, 4) is 17.4 Å². The second-order valence-corrected chi connectivity index (χ2v) is 7.12. The van der Waals surface area contributed by atoms with Crippen molar-refractivity contribution in [2.75, 3.05) is 11.9 Å². The van der Waals surface area contributed by atoms with Crippen LogP contribution in [-0.4, -0.2) is 27.3 Å². The van der Waals surface area contributed by atoms with E-state index in [4.69, 9.17) is 9.47 Å². The van der Waals surface area contributed by atoms with Crippen LogP contribution in [0.4, 0.5) is 5.82 Å². The fourth-order valence-electron chi connectivity index (χ4n) is 3.08. The van der Waals surface area contributed by atoms with Gasteiger partial charge in [0, 0.05) is 18.3 Å². The van der Waals surface area contributed by atoms with Gasteiger partial charge in [0.1, 0.15) is 17.3 Å². The zero-order chi connectivity index (χ0) is 22.2. The zero-order valence-electron chi connectivity index (χ0n) is 17.8. The number of anilines is 1. The van der Waals surface area contributed by atoms with Gasteiger partial charge in [-0.1, -0.05) is 37.3 Å². The van der Waals surface area contributed by atoms with E-state index in [1.54, 1.807) is 53.5 Å². The third-order valence-corrected chi connectivity index (χ3v) is 4.80. The van der Waals surface area contributed by atoms with Crippen molar-refractivity contribution in [3.63, 3.8) is 0 Å². The molecule has 0 unspecified atom stereocenters. The molecular weight excluding hydrogens is 404 g/mol. The van der Waals surface area contributed by atoms with Gasteiger partial charge in [-0.25, -0.2) is 9.67 Å². The molecule has 32 heavy (non-hydrogen) atoms. The lowest BCUT2D eigenvalue weighted by molar-refractivity contribution is -0.118. The number of ether oxygens (including phenoxy) is 2. The largest absolute Gasteiger partial charge is 0.484 e. The SMILES string of the molecule is CCc1ccc(Cn2nccc2NC(=O)COc2ccc(Oc3ccccn3)cc2)cc1. The lowest BCUT2D eigenvalue weighted by Gasteiger charge is -2.11. The van der Waals surface area contributed by atoms with Crippen LogP contribution in [0.15, 0.2) is 85.2 Å². The van der Waals surface area contributed by atoms with E-state index in [1.165, 1.54) is 5.56 Å². The average Bonchev–Trinajstić information content (AvgIpc) is 3.26. The molecule has 0 aliphatic carbocycles. The molecule has 2 aromatic heterocycles. The van der Waals surface area contributed by atoms with E-state index in [1.807, 2.05) is 12.1 Å². The molecular formula is C25H24N4O3. The first kappa shape index (κ1) is 21.1. The van der Waals surface area contributed by atoms with Crippen LogP contribution in [0.1, 0.15) is 18.1 Å². The molecule has 1 amide bonds. The fourth-order valence-corrected chi connectivity index (χ4v) is 3.08. The van der Waals surface area contributed by atoms with Crippen molar-refractivity contribution in [1.29, 1.82) is 0 Å². The van der Waals surface area contributed by atoms with Gasteiger partial charge < -0.3 is 14.8 Å². The number of amides is 1. The summed E-state index contributed by atoms with van der Waals surface area (Å²) in [5.41, 5.74) is 2.40. The molecule has 0 saturated carbocycles. The molecule has 0 atom stereocenters. The maximum atomic E-state index is 12.4. The second-order valence-electron chi connectivity index (χ2n) is 7.12.